The summed E-state index contributed by atoms with van der Waals surface area (Å²) in [6.45, 7) is 0. The van der Waals surface area contributed by atoms with E-state index in [1.165, 1.54) is 0 Å². The first kappa shape index (κ1) is 13.3. The van der Waals surface area contributed by atoms with Crippen molar-refractivity contribution in [3.05, 3.63) is 29.8 Å². The summed E-state index contributed by atoms with van der Waals surface area (Å²) in [6.07, 6.45) is 8.82. The fourth-order valence-electron chi connectivity index (χ4n) is 2.52. The van der Waals surface area contributed by atoms with E-state index in [0.717, 1.165) is 11.3 Å². The molecule has 1 spiro atoms. The Hall–Kier alpha value is -1.79. The number of anilines is 1. The van der Waals surface area contributed by atoms with Gasteiger partial charge in [0.05, 0.1) is 11.5 Å². The molecule has 0 radical (unpaired) electrons. The number of para-hydroxylation sites is 1. The Morgan fingerprint density at radius 3 is 2.47 bits per heavy atom. The third-order valence-corrected chi connectivity index (χ3v) is 3.29. The first-order valence-electron chi connectivity index (χ1n) is 5.15. The molecule has 3 rings (SSSR count). The lowest BCUT2D eigenvalue weighted by molar-refractivity contribution is -0.128. The molecule has 1 saturated carbocycles. The van der Waals surface area contributed by atoms with Gasteiger partial charge in [0, 0.05) is 5.69 Å². The average molecular weight is 231 g/mol. The standard InChI is InChI=1S/C11H11NO2.C2H2.CH4/c13-7-5-11(6-7)8-3-1-2-4-9(8)12-10(11)14;1-2;/h1-4,7,13H,5-6H2,(H,12,14);1-2H;1H4. The van der Waals surface area contributed by atoms with E-state index in [9.17, 15) is 9.90 Å². The van der Waals surface area contributed by atoms with Gasteiger partial charge in [-0.3, -0.25) is 4.79 Å². The van der Waals surface area contributed by atoms with E-state index in [2.05, 4.69) is 18.2 Å². The van der Waals surface area contributed by atoms with Crippen molar-refractivity contribution in [2.24, 2.45) is 0 Å². The number of fused-ring (bicyclic) bond motifs is 2. The van der Waals surface area contributed by atoms with Crippen LogP contribution in [0.3, 0.4) is 0 Å². The number of benzene rings is 1. The van der Waals surface area contributed by atoms with E-state index < -0.39 is 5.41 Å². The van der Waals surface area contributed by atoms with E-state index in [0.29, 0.717) is 12.8 Å². The van der Waals surface area contributed by atoms with Gasteiger partial charge in [0.1, 0.15) is 0 Å². The van der Waals surface area contributed by atoms with Crippen LogP contribution in [0.1, 0.15) is 25.8 Å². The molecule has 3 nitrogen and oxygen atoms in total. The van der Waals surface area contributed by atoms with Crippen molar-refractivity contribution < 1.29 is 9.90 Å². The number of terminal acetylenes is 1. The highest BCUT2D eigenvalue weighted by atomic mass is 16.3. The quantitative estimate of drug-likeness (QED) is 0.670. The van der Waals surface area contributed by atoms with Crippen LogP contribution in [0.15, 0.2) is 24.3 Å². The topological polar surface area (TPSA) is 49.3 Å². The van der Waals surface area contributed by atoms with E-state index in [-0.39, 0.29) is 19.4 Å². The molecule has 0 saturated heterocycles. The Balaban J connectivity index is 0.000000459. The molecule has 2 aliphatic rings. The molecule has 0 bridgehead atoms. The summed E-state index contributed by atoms with van der Waals surface area (Å²) in [5.74, 6) is 0.0454. The molecule has 1 fully saturated rings. The van der Waals surface area contributed by atoms with Crippen LogP contribution >= 0.6 is 0 Å². The Kier molecular flexibility index (Phi) is 3.59. The Morgan fingerprint density at radius 2 is 1.88 bits per heavy atom. The Labute approximate surface area is 102 Å². The molecular formula is C14H17NO2. The number of carbonyl (C=O) groups is 1. The number of hydrogen-bond donors (Lipinski definition) is 2. The fourth-order valence-corrected chi connectivity index (χ4v) is 2.52. The highest BCUT2D eigenvalue weighted by Gasteiger charge is 2.55. The maximum Gasteiger partial charge on any atom is 0.235 e. The number of hydrogen-bond acceptors (Lipinski definition) is 2. The molecule has 0 aromatic heterocycles. The number of amides is 1. The summed E-state index contributed by atoms with van der Waals surface area (Å²) < 4.78 is 0. The molecular weight excluding hydrogens is 214 g/mol. The summed E-state index contributed by atoms with van der Waals surface area (Å²) >= 11 is 0. The summed E-state index contributed by atoms with van der Waals surface area (Å²) in [6, 6.07) is 7.73. The minimum atomic E-state index is -0.421. The van der Waals surface area contributed by atoms with Crippen LogP contribution in [-0.4, -0.2) is 17.1 Å². The number of carbonyl (C=O) groups excluding carboxylic acids is 1. The lowest BCUT2D eigenvalue weighted by Gasteiger charge is -2.40. The van der Waals surface area contributed by atoms with Gasteiger partial charge < -0.3 is 10.4 Å². The van der Waals surface area contributed by atoms with Crippen molar-refractivity contribution in [2.75, 3.05) is 5.32 Å². The van der Waals surface area contributed by atoms with E-state index >= 15 is 0 Å². The van der Waals surface area contributed by atoms with Crippen LogP contribution in [-0.2, 0) is 10.2 Å². The van der Waals surface area contributed by atoms with Crippen molar-refractivity contribution in [2.45, 2.75) is 31.8 Å². The van der Waals surface area contributed by atoms with Gasteiger partial charge in [0.2, 0.25) is 5.91 Å². The zero-order chi connectivity index (χ0) is 11.8. The SMILES string of the molecule is C.C#C.O=C1Nc2ccccc2C12CC(O)C2. The molecule has 1 heterocycles. The second-order valence-corrected chi connectivity index (χ2v) is 4.14. The predicted molar refractivity (Wildman–Crippen MR) is 68.6 cm³/mol. The minimum absolute atomic E-state index is 0. The smallest absolute Gasteiger partial charge is 0.235 e. The monoisotopic (exact) mass is 231 g/mol. The maximum absolute atomic E-state index is 11.8. The zero-order valence-electron chi connectivity index (χ0n) is 8.81. The van der Waals surface area contributed by atoms with Gasteiger partial charge in [-0.2, -0.15) is 0 Å². The second kappa shape index (κ2) is 4.60. The molecule has 1 amide bonds. The van der Waals surface area contributed by atoms with Crippen LogP contribution in [0.4, 0.5) is 5.69 Å². The molecule has 1 aromatic carbocycles. The Morgan fingerprint density at radius 1 is 1.29 bits per heavy atom. The van der Waals surface area contributed by atoms with Crippen LogP contribution in [0, 0.1) is 12.8 Å². The van der Waals surface area contributed by atoms with Crippen molar-refractivity contribution >= 4 is 11.6 Å². The Bertz CT molecular complexity index is 445. The molecule has 17 heavy (non-hydrogen) atoms. The summed E-state index contributed by atoms with van der Waals surface area (Å²) in [5.41, 5.74) is 1.54. The minimum Gasteiger partial charge on any atom is -0.393 e. The van der Waals surface area contributed by atoms with Gasteiger partial charge in [0.15, 0.2) is 0 Å². The van der Waals surface area contributed by atoms with Gasteiger partial charge in [-0.15, -0.1) is 12.8 Å². The molecule has 90 valence electrons. The van der Waals surface area contributed by atoms with Crippen LogP contribution < -0.4 is 5.32 Å². The van der Waals surface area contributed by atoms with Crippen molar-refractivity contribution in [3.8, 4) is 12.8 Å². The van der Waals surface area contributed by atoms with Gasteiger partial charge in [-0.25, -0.2) is 0 Å². The van der Waals surface area contributed by atoms with E-state index in [1.54, 1.807) is 0 Å². The molecule has 0 unspecified atom stereocenters. The van der Waals surface area contributed by atoms with Crippen LogP contribution in [0.2, 0.25) is 0 Å². The van der Waals surface area contributed by atoms with Gasteiger partial charge in [-0.1, -0.05) is 25.6 Å². The molecule has 1 aliphatic carbocycles. The first-order chi connectivity index (χ1) is 7.72. The van der Waals surface area contributed by atoms with E-state index in [1.807, 2.05) is 24.3 Å². The molecule has 3 heteroatoms. The molecule has 0 atom stereocenters. The first-order valence-corrected chi connectivity index (χ1v) is 5.15. The predicted octanol–water partition coefficient (Wildman–Crippen LogP) is 1.92. The maximum atomic E-state index is 11.8. The zero-order valence-corrected chi connectivity index (χ0v) is 8.81. The third-order valence-electron chi connectivity index (χ3n) is 3.29. The van der Waals surface area contributed by atoms with Gasteiger partial charge in [-0.05, 0) is 24.5 Å². The van der Waals surface area contributed by atoms with Crippen LogP contribution in [0.5, 0.6) is 0 Å². The highest BCUT2D eigenvalue weighted by Crippen LogP contribution is 2.50. The van der Waals surface area contributed by atoms with Gasteiger partial charge >= 0.3 is 0 Å². The van der Waals surface area contributed by atoms with Gasteiger partial charge in [0.25, 0.3) is 0 Å². The van der Waals surface area contributed by atoms with Crippen molar-refractivity contribution in [1.29, 1.82) is 0 Å². The fraction of sp³-hybridized carbons (Fsp3) is 0.357. The largest absolute Gasteiger partial charge is 0.393 e. The lowest BCUT2D eigenvalue weighted by Crippen LogP contribution is -2.49. The summed E-state index contributed by atoms with van der Waals surface area (Å²) in [5, 5.41) is 12.2. The number of aliphatic hydroxyl groups is 1. The molecule has 1 aromatic rings. The molecule has 1 aliphatic heterocycles. The normalized spacial score (nSPS) is 27.9. The summed E-state index contributed by atoms with van der Waals surface area (Å²) in [7, 11) is 0. The number of nitrogens with one attached hydrogen (secondary N) is 1. The second-order valence-electron chi connectivity index (χ2n) is 4.14. The highest BCUT2D eigenvalue weighted by molar-refractivity contribution is 6.07. The number of rotatable bonds is 0. The van der Waals surface area contributed by atoms with E-state index in [4.69, 9.17) is 0 Å². The third kappa shape index (κ3) is 1.71. The number of aliphatic hydroxyl groups excluding tert-OH is 1. The average Bonchev–Trinajstić information content (AvgIpc) is 2.55. The molecule has 2 N–H and O–H groups in total. The summed E-state index contributed by atoms with van der Waals surface area (Å²) in [4.78, 5) is 11.8. The van der Waals surface area contributed by atoms with Crippen LogP contribution in [0.25, 0.3) is 0 Å². The van der Waals surface area contributed by atoms with Crippen molar-refractivity contribution in [3.63, 3.8) is 0 Å². The van der Waals surface area contributed by atoms with Crippen molar-refractivity contribution in [1.82, 2.24) is 0 Å². The lowest BCUT2D eigenvalue weighted by atomic mass is 9.63.